The predicted molar refractivity (Wildman–Crippen MR) is 71.9 cm³/mol. The van der Waals surface area contributed by atoms with E-state index in [1.165, 1.54) is 58.2 Å². The van der Waals surface area contributed by atoms with Gasteiger partial charge in [0.25, 0.3) is 0 Å². The topological polar surface area (TPSA) is 15.3 Å². The van der Waals surface area contributed by atoms with Crippen molar-refractivity contribution in [1.82, 2.24) is 10.2 Å². The summed E-state index contributed by atoms with van der Waals surface area (Å²) in [6.45, 7) is 10.7. The fraction of sp³-hybridized carbons (Fsp3) is 1.00. The second-order valence-electron chi connectivity index (χ2n) is 5.39. The molecule has 0 amide bonds. The van der Waals surface area contributed by atoms with Gasteiger partial charge in [0, 0.05) is 18.6 Å². The second-order valence-corrected chi connectivity index (χ2v) is 5.39. The lowest BCUT2D eigenvalue weighted by molar-refractivity contribution is 0.143. The van der Waals surface area contributed by atoms with Crippen LogP contribution in [0.15, 0.2) is 0 Å². The van der Waals surface area contributed by atoms with Crippen LogP contribution in [0.3, 0.4) is 0 Å². The summed E-state index contributed by atoms with van der Waals surface area (Å²) in [5, 5.41) is 3.58. The average Bonchev–Trinajstić information content (AvgIpc) is 2.52. The van der Waals surface area contributed by atoms with Crippen LogP contribution >= 0.6 is 0 Å². The number of rotatable bonds is 6. The maximum atomic E-state index is 3.58. The first-order chi connectivity index (χ1) is 7.75. The van der Waals surface area contributed by atoms with E-state index in [0.29, 0.717) is 6.04 Å². The van der Waals surface area contributed by atoms with Gasteiger partial charge in [0.1, 0.15) is 0 Å². The lowest BCUT2D eigenvalue weighted by Gasteiger charge is -2.34. The molecule has 1 saturated heterocycles. The first-order valence-electron chi connectivity index (χ1n) is 7.22. The van der Waals surface area contributed by atoms with Gasteiger partial charge in [-0.05, 0) is 46.2 Å². The minimum absolute atomic E-state index is 0.696. The first kappa shape index (κ1) is 14.0. The van der Waals surface area contributed by atoms with Crippen molar-refractivity contribution >= 4 is 0 Å². The van der Waals surface area contributed by atoms with E-state index in [1.54, 1.807) is 0 Å². The summed E-state index contributed by atoms with van der Waals surface area (Å²) in [5.74, 6) is 0. The summed E-state index contributed by atoms with van der Waals surface area (Å²) in [4.78, 5) is 2.72. The molecular formula is C14H30N2. The molecule has 2 nitrogen and oxygen atoms in total. The molecule has 1 heterocycles. The van der Waals surface area contributed by atoms with Gasteiger partial charge in [-0.1, -0.05) is 26.2 Å². The van der Waals surface area contributed by atoms with Gasteiger partial charge in [-0.15, -0.1) is 0 Å². The highest BCUT2D eigenvalue weighted by Gasteiger charge is 2.21. The lowest BCUT2D eigenvalue weighted by Crippen LogP contribution is -2.45. The Hall–Kier alpha value is -0.0800. The second kappa shape index (κ2) is 8.08. The normalized spacial score (nSPS) is 22.7. The van der Waals surface area contributed by atoms with Gasteiger partial charge in [0.15, 0.2) is 0 Å². The van der Waals surface area contributed by atoms with E-state index >= 15 is 0 Å². The van der Waals surface area contributed by atoms with Crippen LogP contribution in [0.25, 0.3) is 0 Å². The van der Waals surface area contributed by atoms with Crippen molar-refractivity contribution in [1.29, 1.82) is 0 Å². The Morgan fingerprint density at radius 3 is 2.75 bits per heavy atom. The molecule has 1 rings (SSSR count). The molecule has 0 radical (unpaired) electrons. The molecule has 0 aliphatic carbocycles. The van der Waals surface area contributed by atoms with Crippen molar-refractivity contribution in [3.63, 3.8) is 0 Å². The van der Waals surface area contributed by atoms with Gasteiger partial charge in [-0.25, -0.2) is 0 Å². The molecule has 1 aliphatic rings. The van der Waals surface area contributed by atoms with Crippen molar-refractivity contribution in [2.75, 3.05) is 19.6 Å². The molecule has 0 aromatic rings. The van der Waals surface area contributed by atoms with Gasteiger partial charge in [0.05, 0.1) is 0 Å². The zero-order valence-corrected chi connectivity index (χ0v) is 11.5. The summed E-state index contributed by atoms with van der Waals surface area (Å²) >= 11 is 0. The highest BCUT2D eigenvalue weighted by molar-refractivity contribution is 4.79. The van der Waals surface area contributed by atoms with Gasteiger partial charge in [-0.2, -0.15) is 0 Å². The summed E-state index contributed by atoms with van der Waals surface area (Å²) in [6.07, 6.45) is 8.22. The molecule has 1 fully saturated rings. The fourth-order valence-electron chi connectivity index (χ4n) is 2.69. The number of nitrogens with one attached hydrogen (secondary N) is 1. The van der Waals surface area contributed by atoms with Crippen LogP contribution in [0.2, 0.25) is 0 Å². The summed E-state index contributed by atoms with van der Waals surface area (Å²) < 4.78 is 0. The maximum absolute atomic E-state index is 3.58. The number of nitrogens with zero attached hydrogens (tertiary/aromatic N) is 1. The third-order valence-corrected chi connectivity index (χ3v) is 3.67. The molecule has 1 aliphatic heterocycles. The largest absolute Gasteiger partial charge is 0.315 e. The van der Waals surface area contributed by atoms with E-state index in [9.17, 15) is 0 Å². The fourth-order valence-corrected chi connectivity index (χ4v) is 2.69. The third-order valence-electron chi connectivity index (χ3n) is 3.67. The zero-order chi connectivity index (χ0) is 11.8. The van der Waals surface area contributed by atoms with E-state index in [4.69, 9.17) is 0 Å². The van der Waals surface area contributed by atoms with E-state index in [-0.39, 0.29) is 0 Å². The Labute approximate surface area is 102 Å². The van der Waals surface area contributed by atoms with E-state index in [2.05, 4.69) is 31.0 Å². The first-order valence-corrected chi connectivity index (χ1v) is 7.22. The third kappa shape index (κ3) is 4.84. The smallest absolute Gasteiger partial charge is 0.0223 e. The summed E-state index contributed by atoms with van der Waals surface area (Å²) in [5.41, 5.74) is 0. The van der Waals surface area contributed by atoms with Crippen LogP contribution in [-0.2, 0) is 0 Å². The monoisotopic (exact) mass is 226 g/mol. The Kier molecular flexibility index (Phi) is 7.06. The van der Waals surface area contributed by atoms with Crippen molar-refractivity contribution in [3.8, 4) is 0 Å². The Morgan fingerprint density at radius 1 is 1.25 bits per heavy atom. The minimum atomic E-state index is 0.696. The Balaban J connectivity index is 2.40. The van der Waals surface area contributed by atoms with Crippen molar-refractivity contribution in [2.45, 2.75) is 71.4 Å². The van der Waals surface area contributed by atoms with Crippen LogP contribution in [-0.4, -0.2) is 36.6 Å². The molecule has 2 heteroatoms. The molecule has 1 unspecified atom stereocenters. The number of unbranched alkanes of at least 4 members (excludes halogenated alkanes) is 2. The highest BCUT2D eigenvalue weighted by atomic mass is 15.2. The molecule has 0 spiro atoms. The molecular weight excluding hydrogens is 196 g/mol. The predicted octanol–water partition coefficient (Wildman–Crippen LogP) is 3.03. The highest BCUT2D eigenvalue weighted by Crippen LogP contribution is 2.15. The SMILES string of the molecule is CCCCCN(C(C)C)C1CCCCNC1. The molecule has 16 heavy (non-hydrogen) atoms. The van der Waals surface area contributed by atoms with Crippen LogP contribution in [0.4, 0.5) is 0 Å². The molecule has 0 saturated carbocycles. The average molecular weight is 226 g/mol. The molecule has 0 bridgehead atoms. The summed E-state index contributed by atoms with van der Waals surface area (Å²) in [6, 6.07) is 1.47. The number of hydrogen-bond donors (Lipinski definition) is 1. The van der Waals surface area contributed by atoms with Crippen LogP contribution in [0.5, 0.6) is 0 Å². The molecule has 96 valence electrons. The lowest BCUT2D eigenvalue weighted by atomic mass is 10.1. The quantitative estimate of drug-likeness (QED) is 0.700. The van der Waals surface area contributed by atoms with Gasteiger partial charge in [0.2, 0.25) is 0 Å². The maximum Gasteiger partial charge on any atom is 0.0223 e. The van der Waals surface area contributed by atoms with Gasteiger partial charge in [-0.3, -0.25) is 4.90 Å². The van der Waals surface area contributed by atoms with Crippen molar-refractivity contribution < 1.29 is 0 Å². The molecule has 1 N–H and O–H groups in total. The van der Waals surface area contributed by atoms with E-state index in [0.717, 1.165) is 6.04 Å². The van der Waals surface area contributed by atoms with Crippen molar-refractivity contribution in [3.05, 3.63) is 0 Å². The standard InChI is InChI=1S/C14H30N2/c1-4-5-8-11-16(13(2)3)14-9-6-7-10-15-12-14/h13-15H,4-12H2,1-3H3. The van der Waals surface area contributed by atoms with Crippen LogP contribution < -0.4 is 5.32 Å². The molecule has 0 aromatic carbocycles. The Morgan fingerprint density at radius 2 is 2.06 bits per heavy atom. The van der Waals surface area contributed by atoms with Crippen LogP contribution in [0.1, 0.15) is 59.3 Å². The van der Waals surface area contributed by atoms with Gasteiger partial charge < -0.3 is 5.32 Å². The zero-order valence-electron chi connectivity index (χ0n) is 11.5. The van der Waals surface area contributed by atoms with Gasteiger partial charge >= 0.3 is 0 Å². The minimum Gasteiger partial charge on any atom is -0.315 e. The van der Waals surface area contributed by atoms with E-state index in [1.807, 2.05) is 0 Å². The number of hydrogen-bond acceptors (Lipinski definition) is 2. The molecule has 1 atom stereocenters. The van der Waals surface area contributed by atoms with Crippen molar-refractivity contribution in [2.24, 2.45) is 0 Å². The Bertz CT molecular complexity index is 160. The summed E-state index contributed by atoms with van der Waals surface area (Å²) in [7, 11) is 0. The van der Waals surface area contributed by atoms with Crippen LogP contribution in [0, 0.1) is 0 Å². The molecule has 0 aromatic heterocycles. The van der Waals surface area contributed by atoms with E-state index < -0.39 is 0 Å².